The largest absolute Gasteiger partial charge is 0.481 e. The van der Waals surface area contributed by atoms with Crippen LogP contribution in [0.1, 0.15) is 45.4 Å². The van der Waals surface area contributed by atoms with Crippen molar-refractivity contribution in [3.05, 3.63) is 0 Å². The van der Waals surface area contributed by atoms with E-state index < -0.39 is 11.4 Å². The average molecular weight is 268 g/mol. The van der Waals surface area contributed by atoms with Crippen LogP contribution in [0, 0.1) is 11.3 Å². The van der Waals surface area contributed by atoms with Gasteiger partial charge < -0.3 is 15.7 Å². The lowest BCUT2D eigenvalue weighted by molar-refractivity contribution is -0.156. The maximum absolute atomic E-state index is 12.5. The standard InChI is InChI=1S/C14H24N2O3/c1-2-14(13(18)19)7-4-8-16(9-14)12(17)10-5-3-6-11(10)15/h10-11H,2-9,15H2,1H3,(H,18,19). The third-order valence-corrected chi connectivity index (χ3v) is 4.91. The summed E-state index contributed by atoms with van der Waals surface area (Å²) in [6.07, 6.45) is 4.77. The SMILES string of the molecule is CCC1(C(=O)O)CCCN(C(=O)C2CCCC2N)C1. The van der Waals surface area contributed by atoms with Crippen LogP contribution in [0.15, 0.2) is 0 Å². The summed E-state index contributed by atoms with van der Waals surface area (Å²) in [6, 6.07) is -0.0460. The Kier molecular flexibility index (Phi) is 4.13. The molecule has 0 spiro atoms. The zero-order chi connectivity index (χ0) is 14.0. The number of nitrogens with two attached hydrogens (primary N) is 1. The van der Waals surface area contributed by atoms with Gasteiger partial charge in [0, 0.05) is 19.1 Å². The maximum Gasteiger partial charge on any atom is 0.311 e. The minimum atomic E-state index is -0.775. The quantitative estimate of drug-likeness (QED) is 0.806. The summed E-state index contributed by atoms with van der Waals surface area (Å²) < 4.78 is 0. The van der Waals surface area contributed by atoms with Crippen molar-refractivity contribution in [2.45, 2.75) is 51.5 Å². The van der Waals surface area contributed by atoms with Gasteiger partial charge in [-0.25, -0.2) is 0 Å². The predicted molar refractivity (Wildman–Crippen MR) is 71.5 cm³/mol. The third-order valence-electron chi connectivity index (χ3n) is 4.91. The number of rotatable bonds is 3. The van der Waals surface area contributed by atoms with Gasteiger partial charge in [0.2, 0.25) is 5.91 Å². The molecule has 108 valence electrons. The smallest absolute Gasteiger partial charge is 0.311 e. The van der Waals surface area contributed by atoms with E-state index in [9.17, 15) is 14.7 Å². The molecule has 0 aromatic heterocycles. The molecule has 0 bridgehead atoms. The van der Waals surface area contributed by atoms with Crippen LogP contribution in [-0.2, 0) is 9.59 Å². The molecular weight excluding hydrogens is 244 g/mol. The van der Waals surface area contributed by atoms with E-state index in [1.54, 1.807) is 4.90 Å². The summed E-state index contributed by atoms with van der Waals surface area (Å²) >= 11 is 0. The molecule has 1 aliphatic carbocycles. The van der Waals surface area contributed by atoms with Gasteiger partial charge >= 0.3 is 5.97 Å². The number of carbonyl (C=O) groups is 2. The predicted octanol–water partition coefficient (Wildman–Crippen LogP) is 1.22. The van der Waals surface area contributed by atoms with Gasteiger partial charge in [0.05, 0.1) is 11.3 Å². The fourth-order valence-corrected chi connectivity index (χ4v) is 3.46. The van der Waals surface area contributed by atoms with Crippen molar-refractivity contribution < 1.29 is 14.7 Å². The van der Waals surface area contributed by atoms with E-state index in [2.05, 4.69) is 0 Å². The first-order valence-corrected chi connectivity index (χ1v) is 7.28. The van der Waals surface area contributed by atoms with Gasteiger partial charge in [-0.15, -0.1) is 0 Å². The van der Waals surface area contributed by atoms with Crippen LogP contribution >= 0.6 is 0 Å². The number of hydrogen-bond acceptors (Lipinski definition) is 3. The van der Waals surface area contributed by atoms with Crippen molar-refractivity contribution in [2.75, 3.05) is 13.1 Å². The molecule has 1 saturated carbocycles. The van der Waals surface area contributed by atoms with Gasteiger partial charge in [-0.2, -0.15) is 0 Å². The second-order valence-corrected chi connectivity index (χ2v) is 6.00. The second-order valence-electron chi connectivity index (χ2n) is 6.00. The summed E-state index contributed by atoms with van der Waals surface area (Å²) in [5, 5.41) is 9.44. The Morgan fingerprint density at radius 2 is 2.11 bits per heavy atom. The molecule has 1 heterocycles. The first-order valence-electron chi connectivity index (χ1n) is 7.28. The number of hydrogen-bond donors (Lipinski definition) is 2. The molecule has 1 aliphatic heterocycles. The Morgan fingerprint density at radius 3 is 2.63 bits per heavy atom. The lowest BCUT2D eigenvalue weighted by atomic mass is 9.77. The van der Waals surface area contributed by atoms with Crippen molar-refractivity contribution in [3.63, 3.8) is 0 Å². The van der Waals surface area contributed by atoms with Gasteiger partial charge in [-0.1, -0.05) is 13.3 Å². The number of piperidine rings is 1. The molecular formula is C14H24N2O3. The van der Waals surface area contributed by atoms with E-state index in [4.69, 9.17) is 5.73 Å². The van der Waals surface area contributed by atoms with E-state index in [1.807, 2.05) is 6.92 Å². The lowest BCUT2D eigenvalue weighted by Gasteiger charge is -2.40. The highest BCUT2D eigenvalue weighted by Crippen LogP contribution is 2.35. The fraction of sp³-hybridized carbons (Fsp3) is 0.857. The average Bonchev–Trinajstić information content (AvgIpc) is 2.84. The third kappa shape index (κ3) is 2.61. The highest BCUT2D eigenvalue weighted by molar-refractivity contribution is 5.82. The number of carboxylic acid groups (broad SMARTS) is 1. The van der Waals surface area contributed by atoms with E-state index in [-0.39, 0.29) is 17.9 Å². The van der Waals surface area contributed by atoms with E-state index >= 15 is 0 Å². The Balaban J connectivity index is 2.08. The Morgan fingerprint density at radius 1 is 1.37 bits per heavy atom. The van der Waals surface area contributed by atoms with Crippen LogP contribution in [0.3, 0.4) is 0 Å². The number of amides is 1. The Bertz CT molecular complexity index is 372. The second kappa shape index (κ2) is 5.49. The molecule has 0 aromatic rings. The van der Waals surface area contributed by atoms with Crippen molar-refractivity contribution in [3.8, 4) is 0 Å². The van der Waals surface area contributed by atoms with Crippen molar-refractivity contribution in [2.24, 2.45) is 17.1 Å². The van der Waals surface area contributed by atoms with Gasteiger partial charge in [0.15, 0.2) is 0 Å². The van der Waals surface area contributed by atoms with E-state index in [1.165, 1.54) is 0 Å². The lowest BCUT2D eigenvalue weighted by Crippen LogP contribution is -2.52. The zero-order valence-electron chi connectivity index (χ0n) is 11.6. The van der Waals surface area contributed by atoms with Crippen LogP contribution in [0.5, 0.6) is 0 Å². The maximum atomic E-state index is 12.5. The highest BCUT2D eigenvalue weighted by atomic mass is 16.4. The summed E-state index contributed by atoms with van der Waals surface area (Å²) in [5.41, 5.74) is 5.23. The molecule has 3 N–H and O–H groups in total. The van der Waals surface area contributed by atoms with Crippen molar-refractivity contribution >= 4 is 11.9 Å². The van der Waals surface area contributed by atoms with Gasteiger partial charge in [0.25, 0.3) is 0 Å². The molecule has 0 aromatic carbocycles. The first-order chi connectivity index (χ1) is 9.00. The molecule has 5 heteroatoms. The summed E-state index contributed by atoms with van der Waals surface area (Å²) in [6.45, 7) is 2.92. The molecule has 3 atom stereocenters. The van der Waals surface area contributed by atoms with Crippen LogP contribution in [0.2, 0.25) is 0 Å². The molecule has 5 nitrogen and oxygen atoms in total. The number of likely N-dealkylation sites (tertiary alicyclic amines) is 1. The molecule has 1 amide bonds. The van der Waals surface area contributed by atoms with E-state index in [0.29, 0.717) is 25.9 Å². The minimum absolute atomic E-state index is 0.0460. The first kappa shape index (κ1) is 14.3. The monoisotopic (exact) mass is 268 g/mol. The van der Waals surface area contributed by atoms with Crippen molar-refractivity contribution in [1.82, 2.24) is 4.90 Å². The summed E-state index contributed by atoms with van der Waals surface area (Å²) in [7, 11) is 0. The van der Waals surface area contributed by atoms with Crippen LogP contribution in [0.25, 0.3) is 0 Å². The zero-order valence-corrected chi connectivity index (χ0v) is 11.6. The van der Waals surface area contributed by atoms with Gasteiger partial charge in [-0.05, 0) is 32.1 Å². The number of aliphatic carboxylic acids is 1. The molecule has 2 rings (SSSR count). The van der Waals surface area contributed by atoms with Crippen LogP contribution in [0.4, 0.5) is 0 Å². The Hall–Kier alpha value is -1.10. The normalized spacial score (nSPS) is 35.4. The fourth-order valence-electron chi connectivity index (χ4n) is 3.46. The van der Waals surface area contributed by atoms with E-state index in [0.717, 1.165) is 25.7 Å². The van der Waals surface area contributed by atoms with Crippen LogP contribution in [-0.4, -0.2) is 41.0 Å². The number of carbonyl (C=O) groups excluding carboxylic acids is 1. The van der Waals surface area contributed by atoms with Gasteiger partial charge in [-0.3, -0.25) is 9.59 Å². The Labute approximate surface area is 114 Å². The number of carboxylic acids is 1. The minimum Gasteiger partial charge on any atom is -0.481 e. The molecule has 2 fully saturated rings. The summed E-state index contributed by atoms with van der Waals surface area (Å²) in [5.74, 6) is -0.798. The molecule has 19 heavy (non-hydrogen) atoms. The molecule has 2 aliphatic rings. The summed E-state index contributed by atoms with van der Waals surface area (Å²) in [4.78, 5) is 25.7. The van der Waals surface area contributed by atoms with Gasteiger partial charge in [0.1, 0.15) is 0 Å². The molecule has 0 radical (unpaired) electrons. The molecule has 1 saturated heterocycles. The number of nitrogens with zero attached hydrogens (tertiary/aromatic N) is 1. The van der Waals surface area contributed by atoms with Crippen LogP contribution < -0.4 is 5.73 Å². The highest BCUT2D eigenvalue weighted by Gasteiger charge is 2.44. The van der Waals surface area contributed by atoms with Crippen molar-refractivity contribution in [1.29, 1.82) is 0 Å². The molecule has 3 unspecified atom stereocenters. The topological polar surface area (TPSA) is 83.6 Å².